The van der Waals surface area contributed by atoms with Crippen LogP contribution in [0.15, 0.2) is 47.2 Å². The molecule has 0 N–H and O–H groups in total. The third kappa shape index (κ3) is 2.42. The van der Waals surface area contributed by atoms with E-state index < -0.39 is 0 Å². The van der Waals surface area contributed by atoms with Gasteiger partial charge in [0.25, 0.3) is 0 Å². The van der Waals surface area contributed by atoms with Crippen LogP contribution < -0.4 is 0 Å². The predicted molar refractivity (Wildman–Crippen MR) is 96.2 cm³/mol. The van der Waals surface area contributed by atoms with E-state index in [0.29, 0.717) is 10.0 Å². The summed E-state index contributed by atoms with van der Waals surface area (Å²) in [5.74, 6) is 0. The summed E-state index contributed by atoms with van der Waals surface area (Å²) in [7, 11) is 0. The summed E-state index contributed by atoms with van der Waals surface area (Å²) in [4.78, 5) is 11.7. The molecule has 2 nitrogen and oxygen atoms in total. The normalized spacial score (nSPS) is 11.2. The van der Waals surface area contributed by atoms with Gasteiger partial charge < -0.3 is 0 Å². The molecule has 0 saturated heterocycles. The summed E-state index contributed by atoms with van der Waals surface area (Å²) < 4.78 is 0. The Balaban J connectivity index is 2.06. The van der Waals surface area contributed by atoms with E-state index in [1.54, 1.807) is 34.8 Å². The van der Waals surface area contributed by atoms with Crippen molar-refractivity contribution < 1.29 is 0 Å². The van der Waals surface area contributed by atoms with Crippen LogP contribution in [-0.2, 0) is 0 Å². The van der Waals surface area contributed by atoms with Gasteiger partial charge in [-0.3, -0.25) is 0 Å². The van der Waals surface area contributed by atoms with E-state index in [4.69, 9.17) is 33.2 Å². The zero-order valence-electron chi connectivity index (χ0n) is 11.1. The molecule has 0 aliphatic rings. The van der Waals surface area contributed by atoms with Gasteiger partial charge in [-0.25, -0.2) is 9.97 Å². The van der Waals surface area contributed by atoms with Crippen LogP contribution in [0.25, 0.3) is 32.2 Å². The molecule has 0 bridgehead atoms. The van der Waals surface area contributed by atoms with Crippen LogP contribution in [0.1, 0.15) is 0 Å². The highest BCUT2D eigenvalue weighted by molar-refractivity contribution is 7.14. The lowest BCUT2D eigenvalue weighted by molar-refractivity contribution is 1.31. The van der Waals surface area contributed by atoms with Crippen molar-refractivity contribution in [1.82, 2.24) is 9.97 Å². The van der Waals surface area contributed by atoms with E-state index >= 15 is 0 Å². The third-order valence-electron chi connectivity index (χ3n) is 3.22. The maximum atomic E-state index is 6.11. The molecule has 3 aromatic heterocycles. The molecule has 0 fully saturated rings. The molecular weight excluding hydrogens is 355 g/mol. The van der Waals surface area contributed by atoms with Gasteiger partial charge in [-0.1, -0.05) is 35.3 Å². The predicted octanol–water partition coefficient (Wildman–Crippen LogP) is 6.39. The van der Waals surface area contributed by atoms with Crippen LogP contribution in [0, 0.1) is 0 Å². The van der Waals surface area contributed by atoms with E-state index in [2.05, 4.69) is 12.1 Å². The Kier molecular flexibility index (Phi) is 3.62. The van der Waals surface area contributed by atoms with Gasteiger partial charge in [-0.2, -0.15) is 0 Å². The summed E-state index contributed by atoms with van der Waals surface area (Å²) in [5, 5.41) is 5.05. The largest absolute Gasteiger partial charge is 0.243 e. The van der Waals surface area contributed by atoms with E-state index in [1.165, 1.54) is 0 Å². The Morgan fingerprint density at radius 3 is 1.55 bits per heavy atom. The molecule has 108 valence electrons. The lowest BCUT2D eigenvalue weighted by atomic mass is 10.2. The van der Waals surface area contributed by atoms with E-state index in [-0.39, 0.29) is 0 Å². The topological polar surface area (TPSA) is 25.8 Å². The van der Waals surface area contributed by atoms with Crippen molar-refractivity contribution in [1.29, 1.82) is 0 Å². The summed E-state index contributed by atoms with van der Waals surface area (Å²) in [6.07, 6.45) is 0. The minimum atomic E-state index is 0.490. The molecule has 0 radical (unpaired) electrons. The number of aromatic nitrogens is 2. The van der Waals surface area contributed by atoms with Crippen molar-refractivity contribution in [3.63, 3.8) is 0 Å². The Labute approximate surface area is 145 Å². The first kappa shape index (κ1) is 14.2. The molecule has 0 spiro atoms. The van der Waals surface area contributed by atoms with Crippen LogP contribution in [0.3, 0.4) is 0 Å². The van der Waals surface area contributed by atoms with Crippen LogP contribution >= 0.6 is 45.9 Å². The molecule has 22 heavy (non-hydrogen) atoms. The molecule has 0 aliphatic heterocycles. The van der Waals surface area contributed by atoms with Crippen molar-refractivity contribution in [3.05, 3.63) is 57.2 Å². The maximum Gasteiger partial charge on any atom is 0.108 e. The number of fused-ring (bicyclic) bond motifs is 1. The van der Waals surface area contributed by atoms with Crippen molar-refractivity contribution in [2.24, 2.45) is 0 Å². The highest BCUT2D eigenvalue weighted by atomic mass is 35.5. The second kappa shape index (κ2) is 5.63. The van der Waals surface area contributed by atoms with Gasteiger partial charge in [0.2, 0.25) is 0 Å². The fourth-order valence-electron chi connectivity index (χ4n) is 2.22. The van der Waals surface area contributed by atoms with Crippen molar-refractivity contribution in [3.8, 4) is 21.1 Å². The number of rotatable bonds is 2. The zero-order chi connectivity index (χ0) is 15.1. The Bertz CT molecular complexity index is 869. The molecule has 6 heteroatoms. The molecular formula is C16H8Cl2N2S2. The number of halogens is 2. The molecule has 0 saturated carbocycles. The number of hydrogen-bond acceptors (Lipinski definition) is 4. The molecule has 0 aliphatic carbocycles. The monoisotopic (exact) mass is 362 g/mol. The third-order valence-corrected chi connectivity index (χ3v) is 5.69. The van der Waals surface area contributed by atoms with Crippen LogP contribution in [0.4, 0.5) is 0 Å². The highest BCUT2D eigenvalue weighted by Crippen LogP contribution is 2.36. The molecule has 0 amide bonds. The fourth-order valence-corrected chi connectivity index (χ4v) is 3.97. The maximum absolute atomic E-state index is 6.11. The fraction of sp³-hybridized carbons (Fsp3) is 0. The second-order valence-electron chi connectivity index (χ2n) is 4.63. The van der Waals surface area contributed by atoms with E-state index in [9.17, 15) is 0 Å². The van der Waals surface area contributed by atoms with Gasteiger partial charge in [0.15, 0.2) is 0 Å². The summed E-state index contributed by atoms with van der Waals surface area (Å²) in [6, 6.07) is 11.7. The van der Waals surface area contributed by atoms with Crippen molar-refractivity contribution >= 4 is 56.9 Å². The Morgan fingerprint density at radius 1 is 0.727 bits per heavy atom. The summed E-state index contributed by atoms with van der Waals surface area (Å²) in [6.45, 7) is 0. The quantitative estimate of drug-likeness (QED) is 0.412. The van der Waals surface area contributed by atoms with Crippen molar-refractivity contribution in [2.75, 3.05) is 0 Å². The van der Waals surface area contributed by atoms with Crippen LogP contribution in [0.2, 0.25) is 10.0 Å². The first-order valence-corrected chi connectivity index (χ1v) is 8.98. The van der Waals surface area contributed by atoms with Gasteiger partial charge in [-0.15, -0.1) is 22.7 Å². The molecule has 3 heterocycles. The number of benzene rings is 1. The smallest absolute Gasteiger partial charge is 0.108 e. The van der Waals surface area contributed by atoms with E-state index in [1.807, 2.05) is 22.9 Å². The van der Waals surface area contributed by atoms with E-state index in [0.717, 1.165) is 32.2 Å². The summed E-state index contributed by atoms with van der Waals surface area (Å²) in [5.41, 5.74) is 3.25. The first-order chi connectivity index (χ1) is 10.7. The van der Waals surface area contributed by atoms with Crippen molar-refractivity contribution in [2.45, 2.75) is 0 Å². The van der Waals surface area contributed by atoms with Gasteiger partial charge in [0, 0.05) is 0 Å². The molecule has 4 aromatic rings. The average molecular weight is 363 g/mol. The first-order valence-electron chi connectivity index (χ1n) is 6.47. The average Bonchev–Trinajstić information content (AvgIpc) is 3.21. The number of nitrogens with zero attached hydrogens (tertiary/aromatic N) is 2. The zero-order valence-corrected chi connectivity index (χ0v) is 14.2. The minimum Gasteiger partial charge on any atom is -0.243 e. The number of hydrogen-bond donors (Lipinski definition) is 0. The minimum absolute atomic E-state index is 0.490. The lowest BCUT2D eigenvalue weighted by Gasteiger charge is -2.08. The lowest BCUT2D eigenvalue weighted by Crippen LogP contribution is -1.93. The van der Waals surface area contributed by atoms with Gasteiger partial charge >= 0.3 is 0 Å². The number of thiophene rings is 2. The Hall–Kier alpha value is -1.46. The SMILES string of the molecule is Clc1cc2nc(-c3cccs3)c(-c3cccs3)nc2cc1Cl. The Morgan fingerprint density at radius 2 is 1.18 bits per heavy atom. The van der Waals surface area contributed by atoms with Crippen LogP contribution in [0.5, 0.6) is 0 Å². The molecule has 4 rings (SSSR count). The second-order valence-corrected chi connectivity index (χ2v) is 7.34. The molecule has 1 aromatic carbocycles. The van der Waals surface area contributed by atoms with Gasteiger partial charge in [-0.05, 0) is 35.0 Å². The highest BCUT2D eigenvalue weighted by Gasteiger charge is 2.15. The van der Waals surface area contributed by atoms with Gasteiger partial charge in [0.1, 0.15) is 11.4 Å². The van der Waals surface area contributed by atoms with Gasteiger partial charge in [0.05, 0.1) is 30.8 Å². The molecule has 0 atom stereocenters. The van der Waals surface area contributed by atoms with Crippen LogP contribution in [-0.4, -0.2) is 9.97 Å². The summed E-state index contributed by atoms with van der Waals surface area (Å²) >= 11 is 15.5. The standard InChI is InChI=1S/C16H8Cl2N2S2/c17-9-7-11-12(8-10(9)18)20-16(14-4-2-6-22-14)15(19-11)13-3-1-5-21-13/h1-8H. The molecule has 0 unspecified atom stereocenters.